The van der Waals surface area contributed by atoms with Crippen LogP contribution >= 0.6 is 15.9 Å². The van der Waals surface area contributed by atoms with E-state index in [1.165, 1.54) is 12.8 Å². The first-order valence-electron chi connectivity index (χ1n) is 7.59. The first-order valence-corrected chi connectivity index (χ1v) is 8.38. The van der Waals surface area contributed by atoms with E-state index in [0.717, 1.165) is 22.5 Å². The van der Waals surface area contributed by atoms with Crippen molar-refractivity contribution in [2.75, 3.05) is 5.32 Å². The van der Waals surface area contributed by atoms with E-state index in [1.807, 2.05) is 0 Å². The van der Waals surface area contributed by atoms with Crippen LogP contribution in [0, 0.1) is 27.9 Å². The van der Waals surface area contributed by atoms with Crippen LogP contribution in [0.4, 0.5) is 11.4 Å². The lowest BCUT2D eigenvalue weighted by Gasteiger charge is -2.38. The van der Waals surface area contributed by atoms with Crippen molar-refractivity contribution in [1.29, 1.82) is 0 Å². The molecule has 0 spiro atoms. The van der Waals surface area contributed by atoms with Crippen molar-refractivity contribution >= 4 is 27.3 Å². The van der Waals surface area contributed by atoms with Crippen molar-refractivity contribution in [1.82, 2.24) is 0 Å². The molecule has 1 aliphatic rings. The Morgan fingerprint density at radius 2 is 2.10 bits per heavy atom. The topological polar surface area (TPSA) is 55.2 Å². The quantitative estimate of drug-likeness (QED) is 0.594. The number of anilines is 1. The van der Waals surface area contributed by atoms with Crippen LogP contribution in [0.1, 0.15) is 40.0 Å². The third kappa shape index (κ3) is 3.96. The number of non-ortho nitro benzene ring substituents is 1. The van der Waals surface area contributed by atoms with Crippen molar-refractivity contribution in [2.45, 2.75) is 46.1 Å². The number of nitro groups is 1. The maximum absolute atomic E-state index is 10.8. The lowest BCUT2D eigenvalue weighted by Crippen LogP contribution is -2.37. The Balaban J connectivity index is 2.16. The Kier molecular flexibility index (Phi) is 5.25. The molecule has 0 radical (unpaired) electrons. The zero-order valence-corrected chi connectivity index (χ0v) is 14.4. The standard InChI is InChI=1S/C16H23BrN2O2/c1-10(2)13-6-4-11(3)8-16(13)18-15-7-5-12(19(20)21)9-14(15)17/h5,7,9-11,13,16,18H,4,6,8H2,1-3H3. The predicted octanol–water partition coefficient (Wildman–Crippen LogP) is 5.23. The summed E-state index contributed by atoms with van der Waals surface area (Å²) in [6.07, 6.45) is 3.70. The summed E-state index contributed by atoms with van der Waals surface area (Å²) in [7, 11) is 0. The highest BCUT2D eigenvalue weighted by Gasteiger charge is 2.31. The fraction of sp³-hybridized carbons (Fsp3) is 0.625. The molecule has 0 amide bonds. The van der Waals surface area contributed by atoms with Crippen LogP contribution < -0.4 is 5.32 Å². The van der Waals surface area contributed by atoms with Gasteiger partial charge in [-0.1, -0.05) is 27.2 Å². The molecule has 1 N–H and O–H groups in total. The number of hydrogen-bond donors (Lipinski definition) is 1. The summed E-state index contributed by atoms with van der Waals surface area (Å²) >= 11 is 3.45. The van der Waals surface area contributed by atoms with Gasteiger partial charge in [0.05, 0.1) is 4.92 Å². The number of nitrogens with one attached hydrogen (secondary N) is 1. The number of hydrogen-bond acceptors (Lipinski definition) is 3. The molecule has 1 fully saturated rings. The molecule has 0 saturated heterocycles. The van der Waals surface area contributed by atoms with Crippen molar-refractivity contribution in [3.8, 4) is 0 Å². The molecular weight excluding hydrogens is 332 g/mol. The summed E-state index contributed by atoms with van der Waals surface area (Å²) in [6, 6.07) is 5.37. The Hall–Kier alpha value is -1.10. The molecule has 1 aliphatic carbocycles. The molecule has 0 aliphatic heterocycles. The van der Waals surface area contributed by atoms with Gasteiger partial charge in [0, 0.05) is 28.3 Å². The van der Waals surface area contributed by atoms with Crippen molar-refractivity contribution in [3.05, 3.63) is 32.8 Å². The number of nitro benzene ring substituents is 1. The van der Waals surface area contributed by atoms with Crippen LogP contribution in [-0.2, 0) is 0 Å². The van der Waals surface area contributed by atoms with E-state index in [1.54, 1.807) is 18.2 Å². The van der Waals surface area contributed by atoms with Gasteiger partial charge in [-0.05, 0) is 52.6 Å². The maximum atomic E-state index is 10.8. The molecule has 21 heavy (non-hydrogen) atoms. The van der Waals surface area contributed by atoms with E-state index in [4.69, 9.17) is 0 Å². The first-order chi connectivity index (χ1) is 9.88. The van der Waals surface area contributed by atoms with E-state index in [-0.39, 0.29) is 10.6 Å². The van der Waals surface area contributed by atoms with Gasteiger partial charge in [-0.25, -0.2) is 0 Å². The summed E-state index contributed by atoms with van der Waals surface area (Å²) in [5, 5.41) is 14.4. The monoisotopic (exact) mass is 354 g/mol. The highest BCUT2D eigenvalue weighted by Crippen LogP contribution is 2.37. The fourth-order valence-corrected chi connectivity index (χ4v) is 3.78. The van der Waals surface area contributed by atoms with E-state index >= 15 is 0 Å². The average molecular weight is 355 g/mol. The summed E-state index contributed by atoms with van der Waals surface area (Å²) in [5.41, 5.74) is 1.06. The lowest BCUT2D eigenvalue weighted by atomic mass is 9.74. The van der Waals surface area contributed by atoms with E-state index in [2.05, 4.69) is 42.0 Å². The number of halogens is 1. The Morgan fingerprint density at radius 1 is 1.38 bits per heavy atom. The summed E-state index contributed by atoms with van der Waals surface area (Å²) < 4.78 is 0.762. The van der Waals surface area contributed by atoms with Gasteiger partial charge < -0.3 is 5.32 Å². The van der Waals surface area contributed by atoms with Crippen molar-refractivity contribution in [3.63, 3.8) is 0 Å². The first kappa shape index (κ1) is 16.3. The van der Waals surface area contributed by atoms with Gasteiger partial charge in [-0.3, -0.25) is 10.1 Å². The minimum atomic E-state index is -0.367. The molecule has 0 aromatic heterocycles. The van der Waals surface area contributed by atoms with Gasteiger partial charge in [0.25, 0.3) is 5.69 Å². The highest BCUT2D eigenvalue weighted by atomic mass is 79.9. The van der Waals surface area contributed by atoms with E-state index < -0.39 is 0 Å². The smallest absolute Gasteiger partial charge is 0.270 e. The summed E-state index contributed by atoms with van der Waals surface area (Å²) in [6.45, 7) is 6.86. The van der Waals surface area contributed by atoms with Crippen LogP contribution in [0.5, 0.6) is 0 Å². The second-order valence-electron chi connectivity index (χ2n) is 6.50. The molecule has 1 aromatic rings. The highest BCUT2D eigenvalue weighted by molar-refractivity contribution is 9.10. The second kappa shape index (κ2) is 6.77. The number of nitrogens with zero attached hydrogens (tertiary/aromatic N) is 1. The Bertz CT molecular complexity index is 519. The second-order valence-corrected chi connectivity index (χ2v) is 7.35. The average Bonchev–Trinajstić information content (AvgIpc) is 2.40. The molecule has 116 valence electrons. The third-order valence-electron chi connectivity index (χ3n) is 4.53. The molecule has 0 heterocycles. The van der Waals surface area contributed by atoms with Crippen LogP contribution in [0.25, 0.3) is 0 Å². The maximum Gasteiger partial charge on any atom is 0.270 e. The molecule has 3 atom stereocenters. The summed E-state index contributed by atoms with van der Waals surface area (Å²) in [5.74, 6) is 2.03. The molecule has 0 bridgehead atoms. The lowest BCUT2D eigenvalue weighted by molar-refractivity contribution is -0.384. The van der Waals surface area contributed by atoms with Crippen molar-refractivity contribution < 1.29 is 4.92 Å². The van der Waals surface area contributed by atoms with Crippen LogP contribution in [0.3, 0.4) is 0 Å². The van der Waals surface area contributed by atoms with Gasteiger partial charge in [-0.15, -0.1) is 0 Å². The van der Waals surface area contributed by atoms with Gasteiger partial charge >= 0.3 is 0 Å². The normalized spacial score (nSPS) is 25.9. The van der Waals surface area contributed by atoms with E-state index in [9.17, 15) is 10.1 Å². The van der Waals surface area contributed by atoms with Crippen molar-refractivity contribution in [2.24, 2.45) is 17.8 Å². The zero-order valence-electron chi connectivity index (χ0n) is 12.8. The molecule has 5 heteroatoms. The van der Waals surface area contributed by atoms with Gasteiger partial charge in [-0.2, -0.15) is 0 Å². The number of rotatable bonds is 4. The van der Waals surface area contributed by atoms with Crippen LogP contribution in [0.2, 0.25) is 0 Å². The van der Waals surface area contributed by atoms with Crippen LogP contribution in [-0.4, -0.2) is 11.0 Å². The SMILES string of the molecule is CC1CCC(C(C)C)C(Nc2ccc([N+](=O)[O-])cc2Br)C1. The zero-order chi connectivity index (χ0) is 15.6. The Labute approximate surface area is 134 Å². The van der Waals surface area contributed by atoms with E-state index in [0.29, 0.717) is 17.9 Å². The minimum absolute atomic E-state index is 0.116. The largest absolute Gasteiger partial charge is 0.381 e. The minimum Gasteiger partial charge on any atom is -0.381 e. The Morgan fingerprint density at radius 3 is 2.67 bits per heavy atom. The predicted molar refractivity (Wildman–Crippen MR) is 89.6 cm³/mol. The summed E-state index contributed by atoms with van der Waals surface area (Å²) in [4.78, 5) is 10.4. The molecule has 2 rings (SSSR count). The van der Waals surface area contributed by atoms with Gasteiger partial charge in [0.15, 0.2) is 0 Å². The molecule has 4 nitrogen and oxygen atoms in total. The molecule has 1 aromatic carbocycles. The molecular formula is C16H23BrN2O2. The van der Waals surface area contributed by atoms with Crippen LogP contribution in [0.15, 0.2) is 22.7 Å². The fourth-order valence-electron chi connectivity index (χ4n) is 3.30. The van der Waals surface area contributed by atoms with Gasteiger partial charge in [0.1, 0.15) is 0 Å². The molecule has 3 unspecified atom stereocenters. The molecule has 1 saturated carbocycles. The third-order valence-corrected chi connectivity index (χ3v) is 5.18. The van der Waals surface area contributed by atoms with Gasteiger partial charge in [0.2, 0.25) is 0 Å². The number of benzene rings is 1.